The maximum absolute atomic E-state index is 13.1. The standard InChI is InChI=1S/C22H21NO3S/c1-15-7-9-16(10-8-15)21(23-17-11-13-18(25-2)14-12-17)22-26-19-5-3-4-6-20(19)27(22)24/h3-14,21-23H,1-2H3/t21-,22-,27?/m1/s1. The van der Waals surface area contributed by atoms with E-state index in [1.54, 1.807) is 7.11 Å². The van der Waals surface area contributed by atoms with Crippen molar-refractivity contribution in [3.05, 3.63) is 83.9 Å². The molecule has 0 saturated carbocycles. The molecule has 0 radical (unpaired) electrons. The fraction of sp³-hybridized carbons (Fsp3) is 0.182. The molecule has 0 saturated heterocycles. The minimum absolute atomic E-state index is 0.257. The van der Waals surface area contributed by atoms with Crippen LogP contribution in [0, 0.1) is 6.92 Å². The van der Waals surface area contributed by atoms with Crippen LogP contribution in [0.25, 0.3) is 0 Å². The Morgan fingerprint density at radius 2 is 1.70 bits per heavy atom. The molecule has 3 aromatic carbocycles. The Bertz CT molecular complexity index is 954. The van der Waals surface area contributed by atoms with Gasteiger partial charge in [-0.2, -0.15) is 0 Å². The van der Waals surface area contributed by atoms with Gasteiger partial charge >= 0.3 is 0 Å². The molecule has 1 heterocycles. The maximum Gasteiger partial charge on any atom is 0.201 e. The molecule has 1 aliphatic heterocycles. The highest BCUT2D eigenvalue weighted by Crippen LogP contribution is 2.39. The van der Waals surface area contributed by atoms with Gasteiger partial charge in [-0.1, -0.05) is 42.0 Å². The molecule has 1 N–H and O–H groups in total. The zero-order valence-corrected chi connectivity index (χ0v) is 16.0. The predicted molar refractivity (Wildman–Crippen MR) is 108 cm³/mol. The van der Waals surface area contributed by atoms with Crippen LogP contribution >= 0.6 is 0 Å². The van der Waals surface area contributed by atoms with E-state index in [4.69, 9.17) is 9.47 Å². The molecule has 4 rings (SSSR count). The second-order valence-corrected chi connectivity index (χ2v) is 7.99. The van der Waals surface area contributed by atoms with Crippen molar-refractivity contribution in [3.63, 3.8) is 0 Å². The quantitative estimate of drug-likeness (QED) is 0.699. The van der Waals surface area contributed by atoms with Crippen molar-refractivity contribution >= 4 is 16.5 Å². The zero-order chi connectivity index (χ0) is 18.8. The molecular formula is C22H21NO3S. The summed E-state index contributed by atoms with van der Waals surface area (Å²) in [5.74, 6) is 1.48. The maximum atomic E-state index is 13.1. The SMILES string of the molecule is COc1ccc(N[C@H](c2ccc(C)cc2)[C@@H]2Oc3ccccc3S2=O)cc1. The minimum atomic E-state index is -1.26. The summed E-state index contributed by atoms with van der Waals surface area (Å²) in [5, 5.41) is 3.50. The lowest BCUT2D eigenvalue weighted by atomic mass is 10.0. The fourth-order valence-corrected chi connectivity index (χ4v) is 4.59. The smallest absolute Gasteiger partial charge is 0.201 e. The van der Waals surface area contributed by atoms with Crippen molar-refractivity contribution in [1.82, 2.24) is 0 Å². The normalized spacial score (nSPS) is 19.0. The molecule has 5 heteroatoms. The second-order valence-electron chi connectivity index (χ2n) is 6.49. The van der Waals surface area contributed by atoms with Gasteiger partial charge in [0.1, 0.15) is 28.3 Å². The average Bonchev–Trinajstić information content (AvgIpc) is 3.04. The summed E-state index contributed by atoms with van der Waals surface area (Å²) in [6, 6.07) is 23.2. The van der Waals surface area contributed by atoms with Crippen molar-refractivity contribution in [2.24, 2.45) is 0 Å². The lowest BCUT2D eigenvalue weighted by Crippen LogP contribution is -2.31. The monoisotopic (exact) mass is 379 g/mol. The van der Waals surface area contributed by atoms with Crippen molar-refractivity contribution in [1.29, 1.82) is 0 Å². The first-order chi connectivity index (χ1) is 13.2. The molecule has 27 heavy (non-hydrogen) atoms. The van der Waals surface area contributed by atoms with Gasteiger partial charge in [-0.05, 0) is 48.9 Å². The topological polar surface area (TPSA) is 47.6 Å². The molecule has 0 bridgehead atoms. The van der Waals surface area contributed by atoms with Gasteiger partial charge in [-0.25, -0.2) is 0 Å². The van der Waals surface area contributed by atoms with Crippen LogP contribution in [0.2, 0.25) is 0 Å². The number of aryl methyl sites for hydroxylation is 1. The molecule has 0 aliphatic carbocycles. The summed E-state index contributed by atoms with van der Waals surface area (Å²) >= 11 is 0. The molecule has 1 unspecified atom stereocenters. The Morgan fingerprint density at radius 1 is 1.00 bits per heavy atom. The minimum Gasteiger partial charge on any atom is -0.497 e. The molecule has 3 aromatic rings. The fourth-order valence-electron chi connectivity index (χ4n) is 3.15. The Labute approximate surface area is 161 Å². The highest BCUT2D eigenvalue weighted by Gasteiger charge is 2.38. The number of hydrogen-bond acceptors (Lipinski definition) is 4. The molecule has 3 atom stereocenters. The van der Waals surface area contributed by atoms with Crippen LogP contribution in [-0.4, -0.2) is 16.8 Å². The number of para-hydroxylation sites is 1. The highest BCUT2D eigenvalue weighted by molar-refractivity contribution is 7.86. The summed E-state index contributed by atoms with van der Waals surface area (Å²) < 4.78 is 24.4. The number of nitrogens with one attached hydrogen (secondary N) is 1. The molecule has 0 spiro atoms. The van der Waals surface area contributed by atoms with E-state index >= 15 is 0 Å². The van der Waals surface area contributed by atoms with Gasteiger partial charge in [0.2, 0.25) is 5.44 Å². The average molecular weight is 379 g/mol. The second kappa shape index (κ2) is 7.45. The van der Waals surface area contributed by atoms with E-state index in [1.165, 1.54) is 5.56 Å². The third-order valence-corrected chi connectivity index (χ3v) is 6.20. The van der Waals surface area contributed by atoms with Crippen LogP contribution in [0.3, 0.4) is 0 Å². The predicted octanol–water partition coefficient (Wildman–Crippen LogP) is 4.68. The van der Waals surface area contributed by atoms with Crippen molar-refractivity contribution in [2.75, 3.05) is 12.4 Å². The van der Waals surface area contributed by atoms with Gasteiger partial charge in [-0.15, -0.1) is 0 Å². The third-order valence-electron chi connectivity index (χ3n) is 4.64. The Morgan fingerprint density at radius 3 is 2.37 bits per heavy atom. The summed E-state index contributed by atoms with van der Waals surface area (Å²) in [4.78, 5) is 0.746. The zero-order valence-electron chi connectivity index (χ0n) is 15.2. The molecule has 0 fully saturated rings. The first-order valence-electron chi connectivity index (χ1n) is 8.79. The lowest BCUT2D eigenvalue weighted by Gasteiger charge is -2.25. The molecule has 0 aromatic heterocycles. The number of fused-ring (bicyclic) bond motifs is 1. The van der Waals surface area contributed by atoms with E-state index in [0.717, 1.165) is 21.9 Å². The third kappa shape index (κ3) is 3.55. The molecule has 1 aliphatic rings. The Balaban J connectivity index is 1.68. The van der Waals surface area contributed by atoms with E-state index in [1.807, 2.05) is 48.5 Å². The van der Waals surface area contributed by atoms with Crippen molar-refractivity contribution < 1.29 is 13.7 Å². The van der Waals surface area contributed by atoms with Gasteiger partial charge in [-0.3, -0.25) is 4.21 Å². The van der Waals surface area contributed by atoms with E-state index in [2.05, 4.69) is 36.5 Å². The summed E-state index contributed by atoms with van der Waals surface area (Å²) in [6.45, 7) is 2.05. The highest BCUT2D eigenvalue weighted by atomic mass is 32.2. The van der Waals surface area contributed by atoms with E-state index < -0.39 is 16.2 Å². The van der Waals surface area contributed by atoms with Crippen LogP contribution in [-0.2, 0) is 10.8 Å². The molecule has 4 nitrogen and oxygen atoms in total. The van der Waals surface area contributed by atoms with Gasteiger partial charge in [0.05, 0.1) is 12.0 Å². The Hall–Kier alpha value is -2.79. The number of rotatable bonds is 5. The van der Waals surface area contributed by atoms with Crippen LogP contribution < -0.4 is 14.8 Å². The first-order valence-corrected chi connectivity index (χ1v) is 10.0. The number of methoxy groups -OCH3 is 1. The summed E-state index contributed by atoms with van der Waals surface area (Å²) in [5.41, 5.74) is 2.62. The van der Waals surface area contributed by atoms with Crippen LogP contribution in [0.4, 0.5) is 5.69 Å². The van der Waals surface area contributed by atoms with Gasteiger partial charge in [0.15, 0.2) is 0 Å². The van der Waals surface area contributed by atoms with Crippen LogP contribution in [0.5, 0.6) is 11.5 Å². The molecule has 0 amide bonds. The number of hydrogen-bond donors (Lipinski definition) is 1. The van der Waals surface area contributed by atoms with Gasteiger partial charge in [0.25, 0.3) is 0 Å². The van der Waals surface area contributed by atoms with Crippen LogP contribution in [0.15, 0.2) is 77.7 Å². The van der Waals surface area contributed by atoms with Crippen molar-refractivity contribution in [3.8, 4) is 11.5 Å². The summed E-state index contributed by atoms with van der Waals surface area (Å²) in [7, 11) is 0.383. The van der Waals surface area contributed by atoms with Crippen molar-refractivity contribution in [2.45, 2.75) is 23.3 Å². The van der Waals surface area contributed by atoms with Crippen LogP contribution in [0.1, 0.15) is 17.2 Å². The van der Waals surface area contributed by atoms with Gasteiger partial charge < -0.3 is 14.8 Å². The Kier molecular flexibility index (Phi) is 4.86. The van der Waals surface area contributed by atoms with E-state index in [0.29, 0.717) is 5.75 Å². The number of anilines is 1. The summed E-state index contributed by atoms with van der Waals surface area (Å²) in [6.07, 6.45) is 0. The number of benzene rings is 3. The van der Waals surface area contributed by atoms with E-state index in [9.17, 15) is 4.21 Å². The largest absolute Gasteiger partial charge is 0.497 e. The molecular weight excluding hydrogens is 358 g/mol. The lowest BCUT2D eigenvalue weighted by molar-refractivity contribution is 0.267. The van der Waals surface area contributed by atoms with Gasteiger partial charge in [0, 0.05) is 5.69 Å². The number of ether oxygens (including phenoxy) is 2. The first kappa shape index (κ1) is 17.6. The van der Waals surface area contributed by atoms with E-state index in [-0.39, 0.29) is 6.04 Å². The molecule has 138 valence electrons.